The van der Waals surface area contributed by atoms with E-state index in [0.717, 1.165) is 27.9 Å². The number of hydrogen-bond donors (Lipinski definition) is 1. The lowest BCUT2D eigenvalue weighted by Gasteiger charge is -2.13. The fourth-order valence-corrected chi connectivity index (χ4v) is 2.40. The van der Waals surface area contributed by atoms with Gasteiger partial charge in [0.2, 0.25) is 0 Å². The summed E-state index contributed by atoms with van der Waals surface area (Å²) in [5.41, 5.74) is 3.84. The van der Waals surface area contributed by atoms with E-state index in [-0.39, 0.29) is 6.61 Å². The standard InChI is InChI=1S/C16H16BNO3/c1-18-9-13-4-2-3-5-16(13)21-17-15-8-12(10-19)6-7-14(15)11-20-17/h2-9,19H,10-11H2,1H3/b18-9+. The second-order valence-electron chi connectivity index (χ2n) is 4.88. The topological polar surface area (TPSA) is 51.0 Å². The van der Waals surface area contributed by atoms with Crippen LogP contribution in [0, 0.1) is 0 Å². The fourth-order valence-electron chi connectivity index (χ4n) is 2.40. The number of aliphatic hydroxyl groups is 1. The molecule has 4 nitrogen and oxygen atoms in total. The molecular formula is C16H16BNO3. The summed E-state index contributed by atoms with van der Waals surface area (Å²) < 4.78 is 11.7. The van der Waals surface area contributed by atoms with Gasteiger partial charge in [0.25, 0.3) is 0 Å². The highest BCUT2D eigenvalue weighted by Crippen LogP contribution is 2.20. The van der Waals surface area contributed by atoms with E-state index < -0.39 is 7.12 Å². The van der Waals surface area contributed by atoms with Crippen molar-refractivity contribution in [3.63, 3.8) is 0 Å². The van der Waals surface area contributed by atoms with Crippen molar-refractivity contribution < 1.29 is 14.4 Å². The van der Waals surface area contributed by atoms with Gasteiger partial charge in [0, 0.05) is 24.3 Å². The number of nitrogens with zero attached hydrogens (tertiary/aromatic N) is 1. The summed E-state index contributed by atoms with van der Waals surface area (Å²) in [6.45, 7) is 0.537. The van der Waals surface area contributed by atoms with Gasteiger partial charge in [0.1, 0.15) is 5.75 Å². The first-order chi connectivity index (χ1) is 10.3. The van der Waals surface area contributed by atoms with Crippen LogP contribution in [-0.4, -0.2) is 25.5 Å². The zero-order valence-corrected chi connectivity index (χ0v) is 11.8. The molecule has 1 aliphatic heterocycles. The molecule has 0 saturated carbocycles. The SMILES string of the molecule is C/N=C/c1ccccc1OB1OCc2ccc(CO)cc21. The number of rotatable bonds is 4. The highest BCUT2D eigenvalue weighted by Gasteiger charge is 2.33. The van der Waals surface area contributed by atoms with Crippen LogP contribution < -0.4 is 10.1 Å². The third-order valence-electron chi connectivity index (χ3n) is 3.46. The Morgan fingerprint density at radius 1 is 1.33 bits per heavy atom. The maximum Gasteiger partial charge on any atom is 0.563 e. The number of para-hydroxylation sites is 1. The van der Waals surface area contributed by atoms with Crippen molar-refractivity contribution in [3.8, 4) is 5.75 Å². The van der Waals surface area contributed by atoms with Crippen LogP contribution >= 0.6 is 0 Å². The monoisotopic (exact) mass is 281 g/mol. The van der Waals surface area contributed by atoms with Crippen molar-refractivity contribution in [1.82, 2.24) is 0 Å². The Labute approximate surface area is 124 Å². The lowest BCUT2D eigenvalue weighted by Crippen LogP contribution is -2.35. The van der Waals surface area contributed by atoms with Gasteiger partial charge >= 0.3 is 7.12 Å². The summed E-state index contributed by atoms with van der Waals surface area (Å²) in [6, 6.07) is 13.5. The van der Waals surface area contributed by atoms with Crippen LogP contribution in [0.25, 0.3) is 0 Å². The molecule has 1 heterocycles. The molecule has 3 rings (SSSR count). The van der Waals surface area contributed by atoms with E-state index in [2.05, 4.69) is 4.99 Å². The molecule has 0 unspecified atom stereocenters. The molecule has 0 fully saturated rings. The Morgan fingerprint density at radius 2 is 2.19 bits per heavy atom. The lowest BCUT2D eigenvalue weighted by atomic mass is 9.78. The van der Waals surface area contributed by atoms with Crippen LogP contribution in [-0.2, 0) is 17.9 Å². The van der Waals surface area contributed by atoms with Gasteiger partial charge in [-0.25, -0.2) is 0 Å². The maximum atomic E-state index is 9.26. The van der Waals surface area contributed by atoms with Crippen LogP contribution in [0.15, 0.2) is 47.5 Å². The number of aliphatic imine (C=N–C) groups is 1. The maximum absolute atomic E-state index is 9.26. The second-order valence-corrected chi connectivity index (χ2v) is 4.88. The predicted octanol–water partition coefficient (Wildman–Crippen LogP) is 1.53. The van der Waals surface area contributed by atoms with Crippen molar-refractivity contribution in [2.45, 2.75) is 13.2 Å². The summed E-state index contributed by atoms with van der Waals surface area (Å²) in [5, 5.41) is 9.26. The summed E-state index contributed by atoms with van der Waals surface area (Å²) in [5.74, 6) is 0.732. The molecule has 106 valence electrons. The third kappa shape index (κ3) is 2.84. The van der Waals surface area contributed by atoms with Crippen molar-refractivity contribution in [3.05, 3.63) is 59.2 Å². The van der Waals surface area contributed by atoms with E-state index in [4.69, 9.17) is 9.31 Å². The quantitative estimate of drug-likeness (QED) is 0.683. The molecule has 0 spiro atoms. The molecule has 2 aromatic carbocycles. The first-order valence-corrected chi connectivity index (χ1v) is 6.84. The first-order valence-electron chi connectivity index (χ1n) is 6.84. The van der Waals surface area contributed by atoms with Crippen molar-refractivity contribution in [1.29, 1.82) is 0 Å². The Morgan fingerprint density at radius 3 is 3.00 bits per heavy atom. The third-order valence-corrected chi connectivity index (χ3v) is 3.46. The van der Waals surface area contributed by atoms with Gasteiger partial charge in [-0.15, -0.1) is 0 Å². The number of hydrogen-bond acceptors (Lipinski definition) is 4. The Balaban J connectivity index is 1.88. The van der Waals surface area contributed by atoms with Gasteiger partial charge in [0.15, 0.2) is 0 Å². The van der Waals surface area contributed by atoms with Gasteiger partial charge in [-0.1, -0.05) is 30.3 Å². The zero-order chi connectivity index (χ0) is 14.7. The van der Waals surface area contributed by atoms with Crippen LogP contribution in [0.3, 0.4) is 0 Å². The largest absolute Gasteiger partial charge is 0.563 e. The molecule has 1 aliphatic rings. The molecule has 0 saturated heterocycles. The molecule has 0 bridgehead atoms. The van der Waals surface area contributed by atoms with Crippen LogP contribution in [0.5, 0.6) is 5.75 Å². The van der Waals surface area contributed by atoms with E-state index in [1.807, 2.05) is 42.5 Å². The normalized spacial score (nSPS) is 13.7. The fraction of sp³-hybridized carbons (Fsp3) is 0.188. The smallest absolute Gasteiger partial charge is 0.532 e. The molecule has 0 atom stereocenters. The van der Waals surface area contributed by atoms with Crippen LogP contribution in [0.1, 0.15) is 16.7 Å². The number of aliphatic hydroxyl groups excluding tert-OH is 1. The zero-order valence-electron chi connectivity index (χ0n) is 11.8. The molecule has 0 aromatic heterocycles. The summed E-state index contributed by atoms with van der Waals surface area (Å²) in [7, 11) is 1.28. The van der Waals surface area contributed by atoms with Gasteiger partial charge in [-0.05, 0) is 23.3 Å². The Bertz CT molecular complexity index is 672. The first kappa shape index (κ1) is 13.9. The second kappa shape index (κ2) is 6.12. The highest BCUT2D eigenvalue weighted by molar-refractivity contribution is 6.63. The van der Waals surface area contributed by atoms with Crippen molar-refractivity contribution in [2.24, 2.45) is 4.99 Å². The van der Waals surface area contributed by atoms with Gasteiger partial charge in [0.05, 0.1) is 13.2 Å². The summed E-state index contributed by atoms with van der Waals surface area (Å²) in [4.78, 5) is 4.03. The van der Waals surface area contributed by atoms with E-state index in [0.29, 0.717) is 6.61 Å². The van der Waals surface area contributed by atoms with Gasteiger partial charge in [-0.3, -0.25) is 4.99 Å². The molecule has 0 radical (unpaired) electrons. The molecular weight excluding hydrogens is 265 g/mol. The molecule has 2 aromatic rings. The van der Waals surface area contributed by atoms with Crippen LogP contribution in [0.4, 0.5) is 0 Å². The number of fused-ring (bicyclic) bond motifs is 1. The average molecular weight is 281 g/mol. The predicted molar refractivity (Wildman–Crippen MR) is 83.1 cm³/mol. The van der Waals surface area contributed by atoms with Gasteiger partial charge < -0.3 is 14.4 Å². The van der Waals surface area contributed by atoms with Crippen LogP contribution in [0.2, 0.25) is 0 Å². The Hall–Kier alpha value is -2.11. The minimum Gasteiger partial charge on any atom is -0.532 e. The molecule has 1 N–H and O–H groups in total. The van der Waals surface area contributed by atoms with Crippen molar-refractivity contribution >= 4 is 18.8 Å². The number of benzene rings is 2. The molecule has 5 heteroatoms. The van der Waals surface area contributed by atoms with Crippen molar-refractivity contribution in [2.75, 3.05) is 7.05 Å². The summed E-state index contributed by atoms with van der Waals surface area (Å²) in [6.07, 6.45) is 1.76. The lowest BCUT2D eigenvalue weighted by molar-refractivity contribution is 0.280. The molecule has 0 aliphatic carbocycles. The minimum absolute atomic E-state index is 0.0130. The molecule has 0 amide bonds. The Kier molecular flexibility index (Phi) is 4.04. The van der Waals surface area contributed by atoms with E-state index >= 15 is 0 Å². The van der Waals surface area contributed by atoms with E-state index in [1.54, 1.807) is 13.3 Å². The van der Waals surface area contributed by atoms with E-state index in [9.17, 15) is 5.11 Å². The average Bonchev–Trinajstić information content (AvgIpc) is 2.92. The minimum atomic E-state index is -0.446. The van der Waals surface area contributed by atoms with Gasteiger partial charge in [-0.2, -0.15) is 0 Å². The molecule has 21 heavy (non-hydrogen) atoms. The highest BCUT2D eigenvalue weighted by atomic mass is 16.6. The summed E-state index contributed by atoms with van der Waals surface area (Å²) >= 11 is 0. The van der Waals surface area contributed by atoms with E-state index in [1.165, 1.54) is 0 Å².